The third kappa shape index (κ3) is 3.35. The molecule has 2 N–H and O–H groups in total. The lowest BCUT2D eigenvalue weighted by Gasteiger charge is -2.06. The van der Waals surface area contributed by atoms with Gasteiger partial charge in [0.15, 0.2) is 0 Å². The van der Waals surface area contributed by atoms with Gasteiger partial charge in [0, 0.05) is 17.7 Å². The molecule has 0 saturated heterocycles. The molecule has 0 spiro atoms. The van der Waals surface area contributed by atoms with Crippen molar-refractivity contribution in [1.82, 2.24) is 5.32 Å². The summed E-state index contributed by atoms with van der Waals surface area (Å²) < 4.78 is 0. The molecular formula is C15H17NO2. The Labute approximate surface area is 107 Å². The van der Waals surface area contributed by atoms with E-state index in [0.29, 0.717) is 11.5 Å². The van der Waals surface area contributed by atoms with E-state index in [-0.39, 0.29) is 12.5 Å². The molecule has 1 aliphatic rings. The molecule has 0 bridgehead atoms. The summed E-state index contributed by atoms with van der Waals surface area (Å²) in [5.41, 5.74) is 2.43. The number of carbonyl (C=O) groups is 1. The number of benzene rings is 1. The third-order valence-electron chi connectivity index (χ3n) is 3.05. The zero-order chi connectivity index (χ0) is 13.0. The van der Waals surface area contributed by atoms with E-state index >= 15 is 0 Å². The average molecular weight is 243 g/mol. The van der Waals surface area contributed by atoms with Crippen LogP contribution in [0.3, 0.4) is 0 Å². The standard InChI is InChI=1S/C15H17NO2/c1-11-4-7-14(9-13(11)3-2-8-17)15(18)16-10-12-5-6-12/h4,7,9,12,17H,5-6,8,10H2,1H3,(H,16,18). The Morgan fingerprint density at radius 3 is 2.94 bits per heavy atom. The van der Waals surface area contributed by atoms with Gasteiger partial charge < -0.3 is 10.4 Å². The van der Waals surface area contributed by atoms with E-state index < -0.39 is 0 Å². The summed E-state index contributed by atoms with van der Waals surface area (Å²) in [6, 6.07) is 5.47. The van der Waals surface area contributed by atoms with Crippen molar-refractivity contribution >= 4 is 5.91 Å². The van der Waals surface area contributed by atoms with Crippen molar-refractivity contribution < 1.29 is 9.90 Å². The van der Waals surface area contributed by atoms with Gasteiger partial charge in [0.1, 0.15) is 6.61 Å². The second kappa shape index (κ2) is 5.70. The summed E-state index contributed by atoms with van der Waals surface area (Å²) in [5.74, 6) is 6.09. The molecule has 0 atom stereocenters. The summed E-state index contributed by atoms with van der Waals surface area (Å²) >= 11 is 0. The van der Waals surface area contributed by atoms with Gasteiger partial charge in [-0.3, -0.25) is 4.79 Å². The highest BCUT2D eigenvalue weighted by molar-refractivity contribution is 5.94. The van der Waals surface area contributed by atoms with E-state index in [1.54, 1.807) is 6.07 Å². The number of nitrogens with one attached hydrogen (secondary N) is 1. The van der Waals surface area contributed by atoms with Crippen molar-refractivity contribution in [3.63, 3.8) is 0 Å². The minimum Gasteiger partial charge on any atom is -0.384 e. The second-order valence-corrected chi connectivity index (χ2v) is 4.64. The maximum Gasteiger partial charge on any atom is 0.251 e. The molecule has 94 valence electrons. The van der Waals surface area contributed by atoms with E-state index in [9.17, 15) is 4.79 Å². The van der Waals surface area contributed by atoms with Gasteiger partial charge in [-0.2, -0.15) is 0 Å². The van der Waals surface area contributed by atoms with Gasteiger partial charge in [-0.1, -0.05) is 17.9 Å². The molecule has 0 aliphatic heterocycles. The molecule has 18 heavy (non-hydrogen) atoms. The number of aryl methyl sites for hydroxylation is 1. The molecule has 1 saturated carbocycles. The monoisotopic (exact) mass is 243 g/mol. The maximum atomic E-state index is 11.9. The van der Waals surface area contributed by atoms with Crippen LogP contribution in [0.25, 0.3) is 0 Å². The highest BCUT2D eigenvalue weighted by atomic mass is 16.2. The molecule has 1 amide bonds. The number of hydrogen-bond acceptors (Lipinski definition) is 2. The minimum atomic E-state index is -0.169. The van der Waals surface area contributed by atoms with Crippen LogP contribution < -0.4 is 5.32 Å². The Balaban J connectivity index is 2.09. The summed E-state index contributed by atoms with van der Waals surface area (Å²) in [6.45, 7) is 2.54. The third-order valence-corrected chi connectivity index (χ3v) is 3.05. The highest BCUT2D eigenvalue weighted by Gasteiger charge is 2.21. The zero-order valence-corrected chi connectivity index (χ0v) is 10.5. The van der Waals surface area contributed by atoms with Crippen LogP contribution in [0.2, 0.25) is 0 Å². The van der Waals surface area contributed by atoms with Crippen LogP contribution in [0.1, 0.15) is 34.3 Å². The van der Waals surface area contributed by atoms with Gasteiger partial charge >= 0.3 is 0 Å². The molecule has 2 rings (SSSR count). The van der Waals surface area contributed by atoms with Crippen molar-refractivity contribution in [2.24, 2.45) is 5.92 Å². The highest BCUT2D eigenvalue weighted by Crippen LogP contribution is 2.27. The van der Waals surface area contributed by atoms with Crippen LogP contribution >= 0.6 is 0 Å². The number of amides is 1. The largest absolute Gasteiger partial charge is 0.384 e. The lowest BCUT2D eigenvalue weighted by Crippen LogP contribution is -2.25. The predicted molar refractivity (Wildman–Crippen MR) is 70.2 cm³/mol. The predicted octanol–water partition coefficient (Wildman–Crippen LogP) is 1.48. The molecule has 0 heterocycles. The van der Waals surface area contributed by atoms with E-state index in [1.807, 2.05) is 19.1 Å². The summed E-state index contributed by atoms with van der Waals surface area (Å²) in [5, 5.41) is 11.6. The van der Waals surface area contributed by atoms with Gasteiger partial charge in [0.25, 0.3) is 5.91 Å². The first kappa shape index (κ1) is 12.7. The van der Waals surface area contributed by atoms with Crippen LogP contribution in [0.4, 0.5) is 0 Å². The fraction of sp³-hybridized carbons (Fsp3) is 0.400. The van der Waals surface area contributed by atoms with Crippen LogP contribution in [-0.2, 0) is 0 Å². The first-order chi connectivity index (χ1) is 8.70. The number of hydrogen-bond donors (Lipinski definition) is 2. The lowest BCUT2D eigenvalue weighted by atomic mass is 10.0. The SMILES string of the molecule is Cc1ccc(C(=O)NCC2CC2)cc1C#CCO. The smallest absolute Gasteiger partial charge is 0.251 e. The van der Waals surface area contributed by atoms with Crippen LogP contribution in [0, 0.1) is 24.7 Å². The first-order valence-corrected chi connectivity index (χ1v) is 6.19. The van der Waals surface area contributed by atoms with E-state index in [4.69, 9.17) is 5.11 Å². The van der Waals surface area contributed by atoms with Gasteiger partial charge in [-0.15, -0.1) is 0 Å². The molecule has 3 nitrogen and oxygen atoms in total. The topological polar surface area (TPSA) is 49.3 Å². The fourth-order valence-corrected chi connectivity index (χ4v) is 1.69. The Bertz CT molecular complexity index is 507. The summed E-state index contributed by atoms with van der Waals surface area (Å²) in [7, 11) is 0. The van der Waals surface area contributed by atoms with Crippen molar-refractivity contribution in [3.8, 4) is 11.8 Å². The molecule has 0 radical (unpaired) electrons. The Morgan fingerprint density at radius 2 is 2.28 bits per heavy atom. The van der Waals surface area contributed by atoms with Gasteiger partial charge in [-0.25, -0.2) is 0 Å². The Kier molecular flexibility index (Phi) is 4.01. The summed E-state index contributed by atoms with van der Waals surface area (Å²) in [6.07, 6.45) is 2.45. The molecule has 3 heteroatoms. The number of carbonyl (C=O) groups excluding carboxylic acids is 1. The van der Waals surface area contributed by atoms with E-state index in [1.165, 1.54) is 12.8 Å². The Hall–Kier alpha value is -1.79. The molecule has 1 aliphatic carbocycles. The van der Waals surface area contributed by atoms with Crippen molar-refractivity contribution in [2.45, 2.75) is 19.8 Å². The number of aliphatic hydroxyl groups is 1. The second-order valence-electron chi connectivity index (χ2n) is 4.64. The number of aliphatic hydroxyl groups excluding tert-OH is 1. The number of rotatable bonds is 3. The zero-order valence-electron chi connectivity index (χ0n) is 10.5. The van der Waals surface area contributed by atoms with Crippen LogP contribution in [0.15, 0.2) is 18.2 Å². The molecule has 1 aromatic rings. The first-order valence-electron chi connectivity index (χ1n) is 6.19. The maximum absolute atomic E-state index is 11.9. The van der Waals surface area contributed by atoms with Crippen molar-refractivity contribution in [1.29, 1.82) is 0 Å². The van der Waals surface area contributed by atoms with Crippen LogP contribution in [0.5, 0.6) is 0 Å². The normalized spacial score (nSPS) is 13.7. The molecular weight excluding hydrogens is 226 g/mol. The fourth-order valence-electron chi connectivity index (χ4n) is 1.69. The van der Waals surface area contributed by atoms with Gasteiger partial charge in [-0.05, 0) is 43.4 Å². The Morgan fingerprint density at radius 1 is 1.50 bits per heavy atom. The summed E-state index contributed by atoms with van der Waals surface area (Å²) in [4.78, 5) is 11.9. The molecule has 0 unspecified atom stereocenters. The van der Waals surface area contributed by atoms with Crippen molar-refractivity contribution in [2.75, 3.05) is 13.2 Å². The molecule has 0 aromatic heterocycles. The van der Waals surface area contributed by atoms with Crippen LogP contribution in [-0.4, -0.2) is 24.2 Å². The van der Waals surface area contributed by atoms with E-state index in [0.717, 1.165) is 17.7 Å². The van der Waals surface area contributed by atoms with E-state index in [2.05, 4.69) is 17.2 Å². The lowest BCUT2D eigenvalue weighted by molar-refractivity contribution is 0.0952. The van der Waals surface area contributed by atoms with Gasteiger partial charge in [0.2, 0.25) is 0 Å². The van der Waals surface area contributed by atoms with Crippen molar-refractivity contribution in [3.05, 3.63) is 34.9 Å². The average Bonchev–Trinajstić information content (AvgIpc) is 3.19. The molecule has 1 fully saturated rings. The molecule has 1 aromatic carbocycles. The minimum absolute atomic E-state index is 0.0473. The quantitative estimate of drug-likeness (QED) is 0.790. The van der Waals surface area contributed by atoms with Gasteiger partial charge in [0.05, 0.1) is 0 Å².